The molecule has 0 unspecified atom stereocenters. The summed E-state index contributed by atoms with van der Waals surface area (Å²) in [6.45, 7) is 8.95. The molecule has 0 spiro atoms. The molecular weight excluding hydrogens is 284 g/mol. The lowest BCUT2D eigenvalue weighted by atomic mass is 10.2. The molecule has 1 N–H and O–H groups in total. The van der Waals surface area contributed by atoms with Crippen molar-refractivity contribution < 1.29 is 9.53 Å². The zero-order valence-electron chi connectivity index (χ0n) is 12.5. The Morgan fingerprint density at radius 1 is 1.43 bits per heavy atom. The second kappa shape index (κ2) is 7.52. The third-order valence-corrected chi connectivity index (χ3v) is 4.26. The van der Waals surface area contributed by atoms with Crippen LogP contribution in [0.4, 0.5) is 10.5 Å². The molecule has 1 saturated heterocycles. The number of urea groups is 1. The maximum atomic E-state index is 12.4. The minimum absolute atomic E-state index is 0.0661. The summed E-state index contributed by atoms with van der Waals surface area (Å²) in [5, 5.41) is 3.01. The number of anilines is 1. The number of carbonyl (C=O) groups excluding carboxylic acids is 1. The van der Waals surface area contributed by atoms with Gasteiger partial charge in [-0.25, -0.2) is 4.79 Å². The Labute approximate surface area is 130 Å². The number of morpholine rings is 1. The third-order valence-electron chi connectivity index (χ3n) is 3.19. The number of nitrogens with one attached hydrogen (secondary N) is 1. The summed E-state index contributed by atoms with van der Waals surface area (Å²) in [5.74, 6) is 0.818. The molecule has 2 atom stereocenters. The van der Waals surface area contributed by atoms with Gasteiger partial charge in [-0.3, -0.25) is 0 Å². The maximum absolute atomic E-state index is 12.4. The molecule has 21 heavy (non-hydrogen) atoms. The Kier molecular flexibility index (Phi) is 5.70. The Bertz CT molecular complexity index is 497. The van der Waals surface area contributed by atoms with Gasteiger partial charge in [0.2, 0.25) is 0 Å². The number of rotatable bonds is 4. The maximum Gasteiger partial charge on any atom is 0.322 e. The van der Waals surface area contributed by atoms with E-state index in [1.807, 2.05) is 49.1 Å². The number of carbonyl (C=O) groups is 1. The van der Waals surface area contributed by atoms with Crippen molar-refractivity contribution in [1.82, 2.24) is 4.90 Å². The van der Waals surface area contributed by atoms with Crippen molar-refractivity contribution in [3.8, 4) is 0 Å². The molecule has 1 heterocycles. The second-order valence-corrected chi connectivity index (χ2v) is 6.25. The van der Waals surface area contributed by atoms with Crippen molar-refractivity contribution in [2.75, 3.05) is 24.2 Å². The number of ether oxygens (including phenoxy) is 1. The van der Waals surface area contributed by atoms with Crippen molar-refractivity contribution in [3.63, 3.8) is 0 Å². The molecular formula is C16H22N2O2S. The zero-order valence-corrected chi connectivity index (χ0v) is 13.4. The minimum atomic E-state index is -0.0661. The molecule has 1 aromatic carbocycles. The molecule has 114 valence electrons. The number of amides is 2. The first-order valence-electron chi connectivity index (χ1n) is 7.14. The van der Waals surface area contributed by atoms with Crippen LogP contribution in [0.1, 0.15) is 13.8 Å². The van der Waals surface area contributed by atoms with E-state index in [0.29, 0.717) is 13.1 Å². The Morgan fingerprint density at radius 3 is 2.76 bits per heavy atom. The van der Waals surface area contributed by atoms with E-state index in [9.17, 15) is 4.79 Å². The topological polar surface area (TPSA) is 41.6 Å². The van der Waals surface area contributed by atoms with Gasteiger partial charge >= 0.3 is 6.03 Å². The molecule has 1 aliphatic rings. The van der Waals surface area contributed by atoms with E-state index in [0.717, 1.165) is 16.3 Å². The van der Waals surface area contributed by atoms with Crippen molar-refractivity contribution in [2.45, 2.75) is 31.0 Å². The number of hydrogen-bond acceptors (Lipinski definition) is 3. The molecule has 0 saturated carbocycles. The minimum Gasteiger partial charge on any atom is -0.372 e. The van der Waals surface area contributed by atoms with Crippen LogP contribution in [-0.2, 0) is 4.74 Å². The highest BCUT2D eigenvalue weighted by molar-refractivity contribution is 7.99. The summed E-state index contributed by atoms with van der Waals surface area (Å²) in [7, 11) is 0. The Balaban J connectivity index is 2.03. The van der Waals surface area contributed by atoms with Crippen molar-refractivity contribution >= 4 is 23.5 Å². The summed E-state index contributed by atoms with van der Waals surface area (Å²) in [6.07, 6.45) is 2.00. The highest BCUT2D eigenvalue weighted by atomic mass is 32.2. The summed E-state index contributed by atoms with van der Waals surface area (Å²) < 4.78 is 5.66. The first kappa shape index (κ1) is 15.9. The van der Waals surface area contributed by atoms with E-state index in [1.165, 1.54) is 0 Å². The van der Waals surface area contributed by atoms with E-state index in [-0.39, 0.29) is 18.2 Å². The second-order valence-electron chi connectivity index (χ2n) is 5.19. The van der Waals surface area contributed by atoms with Gasteiger partial charge in [0, 0.05) is 23.7 Å². The van der Waals surface area contributed by atoms with Crippen molar-refractivity contribution in [2.24, 2.45) is 0 Å². The summed E-state index contributed by atoms with van der Waals surface area (Å²) in [6, 6.07) is 7.77. The quantitative estimate of drug-likeness (QED) is 0.682. The van der Waals surface area contributed by atoms with Crippen LogP contribution in [0.15, 0.2) is 41.8 Å². The van der Waals surface area contributed by atoms with Gasteiger partial charge < -0.3 is 15.0 Å². The van der Waals surface area contributed by atoms with Crippen LogP contribution in [0.2, 0.25) is 0 Å². The summed E-state index contributed by atoms with van der Waals surface area (Å²) in [4.78, 5) is 15.3. The Morgan fingerprint density at radius 2 is 2.10 bits per heavy atom. The molecule has 1 fully saturated rings. The van der Waals surface area contributed by atoms with Crippen LogP contribution in [0.25, 0.3) is 0 Å². The summed E-state index contributed by atoms with van der Waals surface area (Å²) >= 11 is 1.66. The normalized spacial score (nSPS) is 21.9. The number of hydrogen-bond donors (Lipinski definition) is 1. The van der Waals surface area contributed by atoms with Crippen LogP contribution in [0, 0.1) is 0 Å². The molecule has 2 amide bonds. The molecule has 0 aliphatic carbocycles. The number of para-hydroxylation sites is 1. The third kappa shape index (κ3) is 4.51. The van der Waals surface area contributed by atoms with Gasteiger partial charge in [-0.15, -0.1) is 18.3 Å². The molecule has 4 nitrogen and oxygen atoms in total. The number of benzene rings is 1. The fourth-order valence-corrected chi connectivity index (χ4v) is 3.13. The fraction of sp³-hybridized carbons (Fsp3) is 0.438. The molecule has 0 bridgehead atoms. The monoisotopic (exact) mass is 306 g/mol. The highest BCUT2D eigenvalue weighted by Gasteiger charge is 2.26. The molecule has 0 radical (unpaired) electrons. The number of thioether (sulfide) groups is 1. The highest BCUT2D eigenvalue weighted by Crippen LogP contribution is 2.27. The van der Waals surface area contributed by atoms with E-state index in [1.54, 1.807) is 11.8 Å². The van der Waals surface area contributed by atoms with Gasteiger partial charge in [0.1, 0.15) is 0 Å². The number of nitrogens with zero attached hydrogens (tertiary/aromatic N) is 1. The van der Waals surface area contributed by atoms with Crippen molar-refractivity contribution in [1.29, 1.82) is 0 Å². The van der Waals surface area contributed by atoms with Gasteiger partial charge in [0.05, 0.1) is 17.9 Å². The van der Waals surface area contributed by atoms with Gasteiger partial charge in [0.15, 0.2) is 0 Å². The van der Waals surface area contributed by atoms with E-state index in [4.69, 9.17) is 4.74 Å². The molecule has 2 rings (SSSR count). The molecule has 1 aliphatic heterocycles. The van der Waals surface area contributed by atoms with Crippen LogP contribution in [0.3, 0.4) is 0 Å². The van der Waals surface area contributed by atoms with Gasteiger partial charge in [-0.1, -0.05) is 18.2 Å². The average Bonchev–Trinajstić information content (AvgIpc) is 2.45. The summed E-state index contributed by atoms with van der Waals surface area (Å²) in [5.41, 5.74) is 0.848. The molecule has 5 heteroatoms. The first-order valence-corrected chi connectivity index (χ1v) is 8.13. The smallest absolute Gasteiger partial charge is 0.322 e. The predicted molar refractivity (Wildman–Crippen MR) is 88.0 cm³/mol. The molecule has 1 aromatic rings. The van der Waals surface area contributed by atoms with E-state index in [2.05, 4.69) is 11.9 Å². The SMILES string of the molecule is C=CCSc1ccccc1NC(=O)N1C[C@@H](C)O[C@H](C)C1. The van der Waals surface area contributed by atoms with Crippen LogP contribution in [0.5, 0.6) is 0 Å². The lowest BCUT2D eigenvalue weighted by Gasteiger charge is -2.35. The van der Waals surface area contributed by atoms with Crippen LogP contribution in [-0.4, -0.2) is 42.0 Å². The lowest BCUT2D eigenvalue weighted by Crippen LogP contribution is -2.49. The van der Waals surface area contributed by atoms with Gasteiger partial charge in [-0.05, 0) is 26.0 Å². The first-order chi connectivity index (χ1) is 10.1. The largest absolute Gasteiger partial charge is 0.372 e. The van der Waals surface area contributed by atoms with E-state index >= 15 is 0 Å². The van der Waals surface area contributed by atoms with E-state index < -0.39 is 0 Å². The van der Waals surface area contributed by atoms with Gasteiger partial charge in [-0.2, -0.15) is 0 Å². The molecule has 0 aromatic heterocycles. The van der Waals surface area contributed by atoms with Crippen molar-refractivity contribution in [3.05, 3.63) is 36.9 Å². The predicted octanol–water partition coefficient (Wildman–Crippen LogP) is 3.61. The van der Waals surface area contributed by atoms with Crippen LogP contribution >= 0.6 is 11.8 Å². The average molecular weight is 306 g/mol. The standard InChI is InChI=1S/C16H22N2O2S/c1-4-9-21-15-8-6-5-7-14(15)17-16(19)18-10-12(2)20-13(3)11-18/h4-8,12-13H,1,9-11H2,2-3H3,(H,17,19)/t12-,13-/m1/s1. The lowest BCUT2D eigenvalue weighted by molar-refractivity contribution is -0.0530. The fourth-order valence-electron chi connectivity index (χ4n) is 2.38. The van der Waals surface area contributed by atoms with Crippen LogP contribution < -0.4 is 5.32 Å². The Hall–Kier alpha value is -1.46. The zero-order chi connectivity index (χ0) is 15.2. The van der Waals surface area contributed by atoms with Gasteiger partial charge in [0.25, 0.3) is 0 Å².